The summed E-state index contributed by atoms with van der Waals surface area (Å²) in [5.41, 5.74) is 7.22. The van der Waals surface area contributed by atoms with Crippen LogP contribution in [0.25, 0.3) is 0 Å². The van der Waals surface area contributed by atoms with Gasteiger partial charge in [-0.3, -0.25) is 14.8 Å². The predicted octanol–water partition coefficient (Wildman–Crippen LogP) is 2.40. The van der Waals surface area contributed by atoms with Crippen LogP contribution in [0.2, 0.25) is 0 Å². The van der Waals surface area contributed by atoms with Crippen molar-refractivity contribution in [2.45, 2.75) is 18.9 Å². The summed E-state index contributed by atoms with van der Waals surface area (Å²) in [5.74, 6) is 0.646. The fraction of sp³-hybridized carbons (Fsp3) is 0.250. The first kappa shape index (κ1) is 15.5. The number of carbonyl (C=O) groups is 1. The molecule has 3 heterocycles. The van der Waals surface area contributed by atoms with Gasteiger partial charge in [-0.2, -0.15) is 0 Å². The van der Waals surface area contributed by atoms with Gasteiger partial charge in [-0.15, -0.1) is 0 Å². The van der Waals surface area contributed by atoms with E-state index in [1.54, 1.807) is 48.4 Å². The second-order valence-corrected chi connectivity index (χ2v) is 6.54. The van der Waals surface area contributed by atoms with Crippen molar-refractivity contribution in [3.63, 3.8) is 0 Å². The number of aromatic nitrogens is 2. The number of aliphatic imine (C=N–C) groups is 1. The van der Waals surface area contributed by atoms with E-state index >= 15 is 0 Å². The van der Waals surface area contributed by atoms with E-state index < -0.39 is 5.54 Å². The Morgan fingerprint density at radius 3 is 2.91 bits per heavy atom. The molecule has 2 aromatic rings. The summed E-state index contributed by atoms with van der Waals surface area (Å²) in [6.07, 6.45) is 4.11. The SMILES string of the molecule is C[C@@]1(c2cc(NC(=O)c3ccccn3)ccn2)CCSC(N)=N1. The van der Waals surface area contributed by atoms with Crippen LogP contribution in [0, 0.1) is 0 Å². The third-order valence-electron chi connectivity index (χ3n) is 3.66. The maximum atomic E-state index is 12.2. The van der Waals surface area contributed by atoms with Gasteiger partial charge in [0.2, 0.25) is 0 Å². The van der Waals surface area contributed by atoms with E-state index in [4.69, 9.17) is 5.73 Å². The number of pyridine rings is 2. The van der Waals surface area contributed by atoms with Crippen molar-refractivity contribution in [2.24, 2.45) is 10.7 Å². The molecule has 1 aliphatic heterocycles. The maximum Gasteiger partial charge on any atom is 0.274 e. The number of amides is 1. The summed E-state index contributed by atoms with van der Waals surface area (Å²) >= 11 is 1.55. The zero-order chi connectivity index (χ0) is 16.3. The molecule has 23 heavy (non-hydrogen) atoms. The number of rotatable bonds is 3. The maximum absolute atomic E-state index is 12.2. The van der Waals surface area contributed by atoms with Gasteiger partial charge in [0.15, 0.2) is 5.17 Å². The molecule has 7 heteroatoms. The lowest BCUT2D eigenvalue weighted by atomic mass is 9.94. The third kappa shape index (κ3) is 3.50. The summed E-state index contributed by atoms with van der Waals surface area (Å²) < 4.78 is 0. The number of nitrogens with zero attached hydrogens (tertiary/aromatic N) is 3. The highest BCUT2D eigenvalue weighted by Crippen LogP contribution is 2.34. The molecule has 0 saturated carbocycles. The summed E-state index contributed by atoms with van der Waals surface area (Å²) in [7, 11) is 0. The van der Waals surface area contributed by atoms with Gasteiger partial charge in [0.25, 0.3) is 5.91 Å². The molecule has 1 amide bonds. The molecule has 0 aromatic carbocycles. The highest BCUT2D eigenvalue weighted by atomic mass is 32.2. The van der Waals surface area contributed by atoms with Gasteiger partial charge in [-0.25, -0.2) is 4.99 Å². The quantitative estimate of drug-likeness (QED) is 0.903. The summed E-state index contributed by atoms with van der Waals surface area (Å²) in [5, 5.41) is 3.41. The van der Waals surface area contributed by atoms with Gasteiger partial charge < -0.3 is 11.1 Å². The van der Waals surface area contributed by atoms with Gasteiger partial charge in [-0.05, 0) is 37.6 Å². The van der Waals surface area contributed by atoms with E-state index in [9.17, 15) is 4.79 Å². The van der Waals surface area contributed by atoms with Crippen molar-refractivity contribution in [3.05, 3.63) is 54.1 Å². The first-order valence-electron chi connectivity index (χ1n) is 7.24. The number of nitrogens with two attached hydrogens (primary N) is 1. The van der Waals surface area contributed by atoms with Crippen molar-refractivity contribution >= 4 is 28.5 Å². The molecule has 3 rings (SSSR count). The molecule has 0 spiro atoms. The highest BCUT2D eigenvalue weighted by molar-refractivity contribution is 8.13. The van der Waals surface area contributed by atoms with Gasteiger partial charge in [0.1, 0.15) is 11.2 Å². The molecule has 0 radical (unpaired) electrons. The number of hydrogen-bond donors (Lipinski definition) is 2. The van der Waals surface area contributed by atoms with Crippen LogP contribution in [0.1, 0.15) is 29.5 Å². The lowest BCUT2D eigenvalue weighted by molar-refractivity contribution is 0.102. The van der Waals surface area contributed by atoms with Gasteiger partial charge >= 0.3 is 0 Å². The molecule has 118 valence electrons. The topological polar surface area (TPSA) is 93.3 Å². The van der Waals surface area contributed by atoms with Crippen molar-refractivity contribution in [3.8, 4) is 0 Å². The number of carbonyl (C=O) groups excluding carboxylic acids is 1. The molecule has 0 bridgehead atoms. The third-order valence-corrected chi connectivity index (χ3v) is 4.46. The van der Waals surface area contributed by atoms with Gasteiger partial charge in [-0.1, -0.05) is 17.8 Å². The summed E-state index contributed by atoms with van der Waals surface area (Å²) in [4.78, 5) is 25.2. The van der Waals surface area contributed by atoms with Crippen molar-refractivity contribution < 1.29 is 4.79 Å². The Hall–Kier alpha value is -2.41. The zero-order valence-electron chi connectivity index (χ0n) is 12.7. The average molecular weight is 327 g/mol. The second-order valence-electron chi connectivity index (χ2n) is 5.42. The highest BCUT2D eigenvalue weighted by Gasteiger charge is 2.31. The van der Waals surface area contributed by atoms with Crippen molar-refractivity contribution in [1.29, 1.82) is 0 Å². The van der Waals surface area contributed by atoms with Crippen molar-refractivity contribution in [2.75, 3.05) is 11.1 Å². The molecule has 1 atom stereocenters. The Labute approximate surface area is 138 Å². The first-order chi connectivity index (χ1) is 11.1. The largest absolute Gasteiger partial charge is 0.379 e. The molecule has 3 N–H and O–H groups in total. The smallest absolute Gasteiger partial charge is 0.274 e. The Morgan fingerprint density at radius 1 is 1.30 bits per heavy atom. The van der Waals surface area contributed by atoms with E-state index in [0.29, 0.717) is 16.5 Å². The molecule has 0 unspecified atom stereocenters. The average Bonchev–Trinajstić information content (AvgIpc) is 2.56. The van der Waals surface area contributed by atoms with E-state index in [0.717, 1.165) is 17.9 Å². The van der Waals surface area contributed by atoms with Crippen LogP contribution in [-0.4, -0.2) is 26.8 Å². The van der Waals surface area contributed by atoms with E-state index in [1.165, 1.54) is 0 Å². The van der Waals surface area contributed by atoms with Crippen LogP contribution in [0.3, 0.4) is 0 Å². The molecule has 6 nitrogen and oxygen atoms in total. The molecular formula is C16H17N5OS. The summed E-state index contributed by atoms with van der Waals surface area (Å²) in [6.45, 7) is 2.01. The monoisotopic (exact) mass is 327 g/mol. The normalized spacial score (nSPS) is 20.7. The molecule has 0 saturated heterocycles. The fourth-order valence-corrected chi connectivity index (χ4v) is 3.34. The van der Waals surface area contributed by atoms with Crippen LogP contribution >= 0.6 is 11.8 Å². The molecule has 1 aliphatic rings. The van der Waals surface area contributed by atoms with Crippen LogP contribution in [-0.2, 0) is 5.54 Å². The minimum absolute atomic E-state index is 0.255. The van der Waals surface area contributed by atoms with Crippen molar-refractivity contribution in [1.82, 2.24) is 9.97 Å². The van der Waals surface area contributed by atoms with Crippen LogP contribution in [0.5, 0.6) is 0 Å². The van der Waals surface area contributed by atoms with Crippen LogP contribution in [0.4, 0.5) is 5.69 Å². The Morgan fingerprint density at radius 2 is 2.17 bits per heavy atom. The number of thioether (sulfide) groups is 1. The van der Waals surface area contributed by atoms with Crippen LogP contribution in [0.15, 0.2) is 47.7 Å². The first-order valence-corrected chi connectivity index (χ1v) is 8.22. The lowest BCUT2D eigenvalue weighted by Crippen LogP contribution is -2.29. The van der Waals surface area contributed by atoms with Gasteiger partial charge in [0.05, 0.1) is 5.69 Å². The van der Waals surface area contributed by atoms with Crippen LogP contribution < -0.4 is 11.1 Å². The minimum atomic E-state index is -0.457. The Bertz CT molecular complexity index is 749. The molecule has 0 aliphatic carbocycles. The van der Waals surface area contributed by atoms with E-state index in [-0.39, 0.29) is 5.91 Å². The predicted molar refractivity (Wildman–Crippen MR) is 92.5 cm³/mol. The number of hydrogen-bond acceptors (Lipinski definition) is 6. The number of amidine groups is 1. The van der Waals surface area contributed by atoms with E-state index in [1.807, 2.05) is 13.0 Å². The molecule has 2 aromatic heterocycles. The van der Waals surface area contributed by atoms with Gasteiger partial charge in [0, 0.05) is 23.8 Å². The molecular weight excluding hydrogens is 310 g/mol. The number of anilines is 1. The fourth-order valence-electron chi connectivity index (χ4n) is 2.37. The second kappa shape index (κ2) is 6.37. The lowest BCUT2D eigenvalue weighted by Gasteiger charge is -2.28. The Kier molecular flexibility index (Phi) is 4.29. The minimum Gasteiger partial charge on any atom is -0.379 e. The molecule has 0 fully saturated rings. The van der Waals surface area contributed by atoms with E-state index in [2.05, 4.69) is 20.3 Å². The standard InChI is InChI=1S/C16H17N5OS/c1-16(6-9-23-15(17)21-16)13-10-11(5-8-19-13)20-14(22)12-4-2-3-7-18-12/h2-5,7-8,10H,6,9H2,1H3,(H2,17,21)(H,19,20,22)/t16-/m0/s1. The zero-order valence-corrected chi connectivity index (χ0v) is 13.5. The summed E-state index contributed by atoms with van der Waals surface area (Å²) in [6, 6.07) is 8.80. The Balaban J connectivity index is 1.83. The number of nitrogens with one attached hydrogen (secondary N) is 1.